The highest BCUT2D eigenvalue weighted by molar-refractivity contribution is 5.42. The normalized spacial score (nSPS) is 30.6. The molecule has 2 unspecified atom stereocenters. The summed E-state index contributed by atoms with van der Waals surface area (Å²) in [6.07, 6.45) is 0.765. The van der Waals surface area contributed by atoms with Gasteiger partial charge in [-0.1, -0.05) is 13.0 Å². The molecule has 0 saturated carbocycles. The van der Waals surface area contributed by atoms with Gasteiger partial charge in [-0.15, -0.1) is 6.58 Å². The van der Waals surface area contributed by atoms with Crippen molar-refractivity contribution in [3.05, 3.63) is 47.8 Å². The predicted molar refractivity (Wildman–Crippen MR) is 63.1 cm³/mol. The van der Waals surface area contributed by atoms with Gasteiger partial charge < -0.3 is 5.11 Å². The van der Waals surface area contributed by atoms with E-state index in [9.17, 15) is 27.1 Å². The lowest BCUT2D eigenvalue weighted by Crippen LogP contribution is -2.57. The summed E-state index contributed by atoms with van der Waals surface area (Å²) in [7, 11) is 0. The number of hydrogen-bond donors (Lipinski definition) is 1. The Morgan fingerprint density at radius 3 is 2.40 bits per heavy atom. The molecule has 0 radical (unpaired) electrons. The molecule has 1 aliphatic rings. The number of alkyl halides is 4. The molecule has 1 nitrogen and oxygen atoms in total. The molecule has 1 aromatic carbocycles. The van der Waals surface area contributed by atoms with Crippen LogP contribution in [0.2, 0.25) is 0 Å². The van der Waals surface area contributed by atoms with Crippen molar-refractivity contribution in [3.63, 3.8) is 0 Å². The highest BCUT2D eigenvalue weighted by Crippen LogP contribution is 2.59. The van der Waals surface area contributed by atoms with Gasteiger partial charge in [-0.05, 0) is 30.2 Å². The van der Waals surface area contributed by atoms with E-state index in [0.717, 1.165) is 13.0 Å². The molecule has 20 heavy (non-hydrogen) atoms. The quantitative estimate of drug-likeness (QED) is 0.646. The second kappa shape index (κ2) is 4.28. The lowest BCUT2D eigenvalue weighted by atomic mass is 9.67. The van der Waals surface area contributed by atoms with E-state index < -0.39 is 40.3 Å². The SMILES string of the molecule is C=CCC1(O)c2cc(F)ccc2C(F)(F)C(F)(F)C1C. The maximum absolute atomic E-state index is 13.9. The minimum Gasteiger partial charge on any atom is -0.384 e. The first-order chi connectivity index (χ1) is 9.09. The van der Waals surface area contributed by atoms with Crippen molar-refractivity contribution in [2.75, 3.05) is 0 Å². The summed E-state index contributed by atoms with van der Waals surface area (Å²) in [4.78, 5) is 0. The number of benzene rings is 1. The molecule has 0 amide bonds. The number of rotatable bonds is 2. The second-order valence-electron chi connectivity index (χ2n) is 5.03. The molecule has 0 aromatic heterocycles. The van der Waals surface area contributed by atoms with Gasteiger partial charge in [-0.25, -0.2) is 4.39 Å². The largest absolute Gasteiger partial charge is 0.384 e. The first kappa shape index (κ1) is 15.0. The lowest BCUT2D eigenvalue weighted by molar-refractivity contribution is -0.284. The van der Waals surface area contributed by atoms with Crippen molar-refractivity contribution in [2.45, 2.75) is 30.8 Å². The molecular formula is C14H13F5O. The van der Waals surface area contributed by atoms with Gasteiger partial charge in [-0.2, -0.15) is 17.6 Å². The van der Waals surface area contributed by atoms with Crippen molar-refractivity contribution >= 4 is 0 Å². The molecule has 0 heterocycles. The first-order valence-corrected chi connectivity index (χ1v) is 5.98. The Bertz CT molecular complexity index is 554. The zero-order valence-corrected chi connectivity index (χ0v) is 10.6. The van der Waals surface area contributed by atoms with Crippen LogP contribution in [0.5, 0.6) is 0 Å². The minimum absolute atomic E-state index is 0.379. The molecular weight excluding hydrogens is 279 g/mol. The third kappa shape index (κ3) is 1.70. The Kier molecular flexibility index (Phi) is 3.20. The van der Waals surface area contributed by atoms with E-state index in [1.807, 2.05) is 0 Å². The Hall–Kier alpha value is -1.43. The summed E-state index contributed by atoms with van der Waals surface area (Å²) >= 11 is 0. The second-order valence-corrected chi connectivity index (χ2v) is 5.03. The summed E-state index contributed by atoms with van der Waals surface area (Å²) in [5.41, 5.74) is -3.85. The maximum atomic E-state index is 13.9. The van der Waals surface area contributed by atoms with Gasteiger partial charge in [0.1, 0.15) is 11.4 Å². The van der Waals surface area contributed by atoms with Gasteiger partial charge in [0.05, 0.1) is 5.92 Å². The molecule has 1 N–H and O–H groups in total. The molecule has 0 fully saturated rings. The molecule has 0 saturated heterocycles. The zero-order valence-electron chi connectivity index (χ0n) is 10.6. The number of halogens is 5. The smallest absolute Gasteiger partial charge is 0.336 e. The summed E-state index contributed by atoms with van der Waals surface area (Å²) in [5, 5.41) is 10.4. The van der Waals surface area contributed by atoms with Crippen LogP contribution in [0.25, 0.3) is 0 Å². The number of hydrogen-bond acceptors (Lipinski definition) is 1. The van der Waals surface area contributed by atoms with Gasteiger partial charge in [0.2, 0.25) is 0 Å². The molecule has 0 aliphatic heterocycles. The standard InChI is InChI=1S/C14H13F5O/c1-3-6-12(20)8(2)13(16,17)14(18,19)10-5-4-9(15)7-11(10)12/h3-5,7-8,20H,1,6H2,2H3. The molecule has 0 spiro atoms. The molecule has 2 rings (SSSR count). The average Bonchev–Trinajstić information content (AvgIpc) is 2.36. The third-order valence-corrected chi connectivity index (χ3v) is 3.92. The Morgan fingerprint density at radius 2 is 1.85 bits per heavy atom. The van der Waals surface area contributed by atoms with E-state index in [1.165, 1.54) is 0 Å². The van der Waals surface area contributed by atoms with Crippen LogP contribution >= 0.6 is 0 Å². The highest BCUT2D eigenvalue weighted by Gasteiger charge is 2.69. The molecule has 110 valence electrons. The lowest BCUT2D eigenvalue weighted by Gasteiger charge is -2.47. The van der Waals surface area contributed by atoms with E-state index in [0.29, 0.717) is 18.2 Å². The Labute approximate surface area is 112 Å². The van der Waals surface area contributed by atoms with Crippen LogP contribution in [0.4, 0.5) is 22.0 Å². The van der Waals surface area contributed by atoms with Crippen LogP contribution in [-0.4, -0.2) is 11.0 Å². The fourth-order valence-corrected chi connectivity index (χ4v) is 2.64. The molecule has 1 aromatic rings. The van der Waals surface area contributed by atoms with Crippen LogP contribution < -0.4 is 0 Å². The van der Waals surface area contributed by atoms with Gasteiger partial charge in [0.15, 0.2) is 0 Å². The fourth-order valence-electron chi connectivity index (χ4n) is 2.64. The molecule has 2 atom stereocenters. The van der Waals surface area contributed by atoms with Crippen molar-refractivity contribution in [3.8, 4) is 0 Å². The summed E-state index contributed by atoms with van der Waals surface area (Å²) < 4.78 is 69.0. The van der Waals surface area contributed by atoms with Gasteiger partial charge in [-0.3, -0.25) is 0 Å². The van der Waals surface area contributed by atoms with Gasteiger partial charge in [0.25, 0.3) is 0 Å². The van der Waals surface area contributed by atoms with Crippen LogP contribution in [0.3, 0.4) is 0 Å². The van der Waals surface area contributed by atoms with Crippen molar-refractivity contribution in [2.24, 2.45) is 5.92 Å². The topological polar surface area (TPSA) is 20.2 Å². The highest BCUT2D eigenvalue weighted by atomic mass is 19.3. The van der Waals surface area contributed by atoms with Crippen LogP contribution in [-0.2, 0) is 11.5 Å². The summed E-state index contributed by atoms with van der Waals surface area (Å²) in [6, 6.07) is 1.95. The monoisotopic (exact) mass is 292 g/mol. The van der Waals surface area contributed by atoms with Crippen LogP contribution in [0.15, 0.2) is 30.9 Å². The fraction of sp³-hybridized carbons (Fsp3) is 0.429. The zero-order chi connectivity index (χ0) is 15.3. The predicted octanol–water partition coefficient (Wildman–Crippen LogP) is 3.97. The third-order valence-electron chi connectivity index (χ3n) is 3.92. The van der Waals surface area contributed by atoms with E-state index in [1.54, 1.807) is 0 Å². The number of fused-ring (bicyclic) bond motifs is 1. The van der Waals surface area contributed by atoms with E-state index in [-0.39, 0.29) is 6.42 Å². The van der Waals surface area contributed by atoms with E-state index >= 15 is 0 Å². The Balaban J connectivity index is 2.81. The van der Waals surface area contributed by atoms with Crippen molar-refractivity contribution in [1.82, 2.24) is 0 Å². The van der Waals surface area contributed by atoms with Crippen molar-refractivity contribution in [1.29, 1.82) is 0 Å². The van der Waals surface area contributed by atoms with Crippen molar-refractivity contribution < 1.29 is 27.1 Å². The van der Waals surface area contributed by atoms with E-state index in [4.69, 9.17) is 0 Å². The average molecular weight is 292 g/mol. The molecule has 1 aliphatic carbocycles. The van der Waals surface area contributed by atoms with Gasteiger partial charge in [0, 0.05) is 5.56 Å². The Morgan fingerprint density at radius 1 is 1.25 bits per heavy atom. The molecule has 0 bridgehead atoms. The minimum atomic E-state index is -4.47. The summed E-state index contributed by atoms with van der Waals surface area (Å²) in [5.74, 6) is -11.9. The summed E-state index contributed by atoms with van der Waals surface area (Å²) in [6.45, 7) is 4.15. The van der Waals surface area contributed by atoms with Crippen LogP contribution in [0, 0.1) is 11.7 Å². The van der Waals surface area contributed by atoms with E-state index in [2.05, 4.69) is 6.58 Å². The number of aliphatic hydroxyl groups is 1. The van der Waals surface area contributed by atoms with Gasteiger partial charge >= 0.3 is 11.8 Å². The molecule has 6 heteroatoms. The first-order valence-electron chi connectivity index (χ1n) is 5.98. The maximum Gasteiger partial charge on any atom is 0.336 e. The van der Waals surface area contributed by atoms with Crippen LogP contribution in [0.1, 0.15) is 24.5 Å².